The van der Waals surface area contributed by atoms with E-state index in [1.165, 1.54) is 18.2 Å². The Bertz CT molecular complexity index is 1280. The number of amides is 1. The van der Waals surface area contributed by atoms with Gasteiger partial charge in [0.1, 0.15) is 24.0 Å². The number of benzene rings is 3. The maximum absolute atomic E-state index is 13.0. The summed E-state index contributed by atoms with van der Waals surface area (Å²) in [6, 6.07) is 16.9. The molecule has 3 aromatic carbocycles. The SMILES string of the molecule is N#C/C(=C\c1cc(Br)cc(Br)c1OCc1ccc(Br)cc1)C(=O)Nc1cccc(C(F)(F)F)c1. The average molecular weight is 659 g/mol. The summed E-state index contributed by atoms with van der Waals surface area (Å²) in [5.74, 6) is -0.456. The maximum atomic E-state index is 13.0. The van der Waals surface area contributed by atoms with Crippen molar-refractivity contribution in [2.24, 2.45) is 0 Å². The largest absolute Gasteiger partial charge is 0.487 e. The molecular formula is C24H14Br3F3N2O2. The fourth-order valence-corrected chi connectivity index (χ4v) is 4.49. The van der Waals surface area contributed by atoms with Crippen molar-refractivity contribution in [1.29, 1.82) is 5.26 Å². The number of rotatable bonds is 6. The molecule has 1 N–H and O–H groups in total. The smallest absolute Gasteiger partial charge is 0.416 e. The number of anilines is 1. The summed E-state index contributed by atoms with van der Waals surface area (Å²) in [6.45, 7) is 0.229. The first-order valence-corrected chi connectivity index (χ1v) is 11.9. The molecule has 0 unspecified atom stereocenters. The number of hydrogen-bond donors (Lipinski definition) is 1. The lowest BCUT2D eigenvalue weighted by Gasteiger charge is -2.13. The molecule has 0 bridgehead atoms. The molecule has 10 heteroatoms. The van der Waals surface area contributed by atoms with Crippen molar-refractivity contribution >= 4 is 65.5 Å². The minimum atomic E-state index is -4.56. The number of carbonyl (C=O) groups excluding carboxylic acids is 1. The summed E-state index contributed by atoms with van der Waals surface area (Å²) in [5, 5.41) is 11.9. The molecule has 0 spiro atoms. The molecule has 0 aromatic heterocycles. The lowest BCUT2D eigenvalue weighted by atomic mass is 10.1. The van der Waals surface area contributed by atoms with E-state index in [9.17, 15) is 23.2 Å². The number of nitrogens with zero attached hydrogens (tertiary/aromatic N) is 1. The van der Waals surface area contributed by atoms with Crippen molar-refractivity contribution in [3.05, 3.63) is 96.3 Å². The van der Waals surface area contributed by atoms with Crippen molar-refractivity contribution in [3.8, 4) is 11.8 Å². The zero-order chi connectivity index (χ0) is 24.9. The first-order valence-electron chi connectivity index (χ1n) is 9.53. The van der Waals surface area contributed by atoms with Crippen molar-refractivity contribution in [1.82, 2.24) is 0 Å². The third kappa shape index (κ3) is 6.95. The van der Waals surface area contributed by atoms with Gasteiger partial charge in [0.05, 0.1) is 10.0 Å². The second kappa shape index (κ2) is 11.2. The number of carbonyl (C=O) groups is 1. The van der Waals surface area contributed by atoms with Gasteiger partial charge >= 0.3 is 6.18 Å². The molecule has 34 heavy (non-hydrogen) atoms. The van der Waals surface area contributed by atoms with Crippen molar-refractivity contribution in [3.63, 3.8) is 0 Å². The molecule has 0 radical (unpaired) electrons. The van der Waals surface area contributed by atoms with Gasteiger partial charge in [-0.3, -0.25) is 4.79 Å². The molecule has 0 aliphatic carbocycles. The molecule has 0 fully saturated rings. The third-order valence-corrected chi connectivity index (χ3v) is 6.02. The van der Waals surface area contributed by atoms with Crippen LogP contribution in [0.2, 0.25) is 0 Å². The molecule has 0 heterocycles. The van der Waals surface area contributed by atoms with Crippen molar-refractivity contribution < 1.29 is 22.7 Å². The summed E-state index contributed by atoms with van der Waals surface area (Å²) in [7, 11) is 0. The van der Waals surface area contributed by atoms with Crippen molar-refractivity contribution in [2.45, 2.75) is 12.8 Å². The predicted molar refractivity (Wildman–Crippen MR) is 134 cm³/mol. The highest BCUT2D eigenvalue weighted by Crippen LogP contribution is 2.35. The van der Waals surface area contributed by atoms with Crippen LogP contribution >= 0.6 is 47.8 Å². The quantitative estimate of drug-likeness (QED) is 0.215. The summed E-state index contributed by atoms with van der Waals surface area (Å²) < 4.78 is 47.0. The van der Waals surface area contributed by atoms with Crippen molar-refractivity contribution in [2.75, 3.05) is 5.32 Å². The Labute approximate surface area is 218 Å². The second-order valence-electron chi connectivity index (χ2n) is 6.92. The summed E-state index contributed by atoms with van der Waals surface area (Å²) in [5.41, 5.74) is 0.0243. The average Bonchev–Trinajstić information content (AvgIpc) is 2.77. The molecule has 0 saturated heterocycles. The number of alkyl halides is 3. The molecule has 0 aliphatic heterocycles. The number of nitriles is 1. The van der Waals surface area contributed by atoms with E-state index in [2.05, 4.69) is 53.1 Å². The third-order valence-electron chi connectivity index (χ3n) is 4.45. The summed E-state index contributed by atoms with van der Waals surface area (Å²) in [4.78, 5) is 12.6. The molecule has 4 nitrogen and oxygen atoms in total. The fraction of sp³-hybridized carbons (Fsp3) is 0.0833. The molecule has 3 rings (SSSR count). The minimum absolute atomic E-state index is 0.0805. The van der Waals surface area contributed by atoms with E-state index in [1.54, 1.807) is 18.2 Å². The van der Waals surface area contributed by atoms with E-state index >= 15 is 0 Å². The van der Waals surface area contributed by atoms with E-state index in [1.807, 2.05) is 24.3 Å². The first-order chi connectivity index (χ1) is 16.1. The standard InChI is InChI=1S/C24H14Br3F3N2O2/c25-18-6-4-14(5-7-18)13-34-22-15(9-19(26)11-21(22)27)8-16(12-31)23(33)32-20-3-1-2-17(10-20)24(28,29)30/h1-11H,13H2,(H,32,33)/b16-8+. The van der Waals surface area contributed by atoms with E-state index in [4.69, 9.17) is 4.74 Å². The van der Waals surface area contributed by atoms with Crippen LogP contribution in [-0.2, 0) is 17.6 Å². The Morgan fingerprint density at radius 2 is 1.74 bits per heavy atom. The van der Waals surface area contributed by atoms with E-state index in [-0.39, 0.29) is 17.9 Å². The van der Waals surface area contributed by atoms with Crippen LogP contribution in [0.3, 0.4) is 0 Å². The molecule has 0 saturated carbocycles. The second-order valence-corrected chi connectivity index (χ2v) is 9.61. The van der Waals surface area contributed by atoms with Gasteiger partial charge in [-0.25, -0.2) is 0 Å². The Morgan fingerprint density at radius 1 is 1.03 bits per heavy atom. The molecule has 3 aromatic rings. The van der Waals surface area contributed by atoms with Gasteiger partial charge in [0.2, 0.25) is 0 Å². The Balaban J connectivity index is 1.88. The van der Waals surface area contributed by atoms with Crippen LogP contribution in [0.25, 0.3) is 6.08 Å². The number of hydrogen-bond acceptors (Lipinski definition) is 3. The zero-order valence-electron chi connectivity index (χ0n) is 17.1. The molecular weight excluding hydrogens is 645 g/mol. The fourth-order valence-electron chi connectivity index (χ4n) is 2.85. The minimum Gasteiger partial charge on any atom is -0.487 e. The molecule has 1 amide bonds. The van der Waals surface area contributed by atoms with Gasteiger partial charge in [-0.15, -0.1) is 0 Å². The van der Waals surface area contributed by atoms with Crippen LogP contribution in [0.5, 0.6) is 5.75 Å². The number of halogens is 6. The van der Waals surface area contributed by atoms with Gasteiger partial charge < -0.3 is 10.1 Å². The normalized spacial score (nSPS) is 11.6. The number of ether oxygens (including phenoxy) is 1. The highest BCUT2D eigenvalue weighted by molar-refractivity contribution is 9.11. The Hall–Kier alpha value is -2.61. The van der Waals surface area contributed by atoms with Crippen LogP contribution in [0.1, 0.15) is 16.7 Å². The van der Waals surface area contributed by atoms with Crippen LogP contribution in [-0.4, -0.2) is 5.91 Å². The van der Waals surface area contributed by atoms with Crippen LogP contribution in [0, 0.1) is 11.3 Å². The zero-order valence-corrected chi connectivity index (χ0v) is 21.8. The Kier molecular flexibility index (Phi) is 8.57. The van der Waals surface area contributed by atoms with E-state index < -0.39 is 17.6 Å². The molecule has 0 atom stereocenters. The Morgan fingerprint density at radius 3 is 2.38 bits per heavy atom. The van der Waals surface area contributed by atoms with Gasteiger partial charge in [-0.05, 0) is 70.0 Å². The highest BCUT2D eigenvalue weighted by Gasteiger charge is 2.30. The summed E-state index contributed by atoms with van der Waals surface area (Å²) in [6.07, 6.45) is -3.24. The van der Waals surface area contributed by atoms with Gasteiger partial charge in [0.15, 0.2) is 0 Å². The van der Waals surface area contributed by atoms with E-state index in [0.29, 0.717) is 20.3 Å². The van der Waals surface area contributed by atoms with Gasteiger partial charge in [0, 0.05) is 20.2 Å². The highest BCUT2D eigenvalue weighted by atomic mass is 79.9. The maximum Gasteiger partial charge on any atom is 0.416 e. The monoisotopic (exact) mass is 656 g/mol. The number of nitrogens with one attached hydrogen (secondary N) is 1. The molecule has 0 aliphatic rings. The van der Waals surface area contributed by atoms with E-state index in [0.717, 1.165) is 22.2 Å². The van der Waals surface area contributed by atoms with Gasteiger partial charge in [0.25, 0.3) is 5.91 Å². The predicted octanol–water partition coefficient (Wildman–Crippen LogP) is 8.12. The van der Waals surface area contributed by atoms with Gasteiger partial charge in [-0.1, -0.05) is 50.1 Å². The first kappa shape index (κ1) is 26.0. The topological polar surface area (TPSA) is 62.1 Å². The van der Waals surface area contributed by atoms with Crippen LogP contribution in [0.4, 0.5) is 18.9 Å². The molecule has 174 valence electrons. The lowest BCUT2D eigenvalue weighted by molar-refractivity contribution is -0.137. The van der Waals surface area contributed by atoms with Crippen LogP contribution < -0.4 is 10.1 Å². The van der Waals surface area contributed by atoms with Crippen LogP contribution in [0.15, 0.2) is 79.7 Å². The summed E-state index contributed by atoms with van der Waals surface area (Å²) >= 11 is 10.2. The van der Waals surface area contributed by atoms with Gasteiger partial charge in [-0.2, -0.15) is 18.4 Å². The lowest BCUT2D eigenvalue weighted by Crippen LogP contribution is -2.14.